The maximum Gasteiger partial charge on any atom is 0.249 e. The topological polar surface area (TPSA) is 69.3 Å². The molecule has 0 aliphatic carbocycles. The number of nitrogens with one attached hydrogen (secondary N) is 1. The number of nitrogens with two attached hydrogens (primary N) is 1. The molecule has 2 heterocycles. The zero-order valence-electron chi connectivity index (χ0n) is 15.0. The number of carbonyl (C=O) groups is 1. The number of halogens is 1. The van der Waals surface area contributed by atoms with Crippen molar-refractivity contribution in [3.8, 4) is 5.75 Å². The third-order valence-corrected chi connectivity index (χ3v) is 5.05. The maximum atomic E-state index is 13.9. The molecular formula is C21H22FN3O2. The van der Waals surface area contributed by atoms with E-state index in [0.29, 0.717) is 24.2 Å². The lowest BCUT2D eigenvalue weighted by atomic mass is 9.96. The van der Waals surface area contributed by atoms with Crippen LogP contribution in [-0.2, 0) is 13.0 Å². The van der Waals surface area contributed by atoms with E-state index in [9.17, 15) is 9.18 Å². The summed E-state index contributed by atoms with van der Waals surface area (Å²) >= 11 is 0. The normalized spacial score (nSPS) is 16.1. The van der Waals surface area contributed by atoms with Crippen LogP contribution >= 0.6 is 0 Å². The van der Waals surface area contributed by atoms with Gasteiger partial charge in [0.2, 0.25) is 5.91 Å². The van der Waals surface area contributed by atoms with Crippen molar-refractivity contribution in [3.63, 3.8) is 0 Å². The molecule has 27 heavy (non-hydrogen) atoms. The number of para-hydroxylation sites is 1. The van der Waals surface area contributed by atoms with Crippen molar-refractivity contribution < 1.29 is 13.9 Å². The molecule has 140 valence electrons. The maximum absolute atomic E-state index is 13.9. The lowest BCUT2D eigenvalue weighted by Crippen LogP contribution is -2.41. The second-order valence-corrected chi connectivity index (χ2v) is 6.85. The third-order valence-electron chi connectivity index (χ3n) is 5.05. The van der Waals surface area contributed by atoms with Gasteiger partial charge in [-0.2, -0.15) is 0 Å². The van der Waals surface area contributed by atoms with Gasteiger partial charge >= 0.3 is 0 Å². The largest absolute Gasteiger partial charge is 0.489 e. The number of hydrogen-bond donors (Lipinski definition) is 2. The SMILES string of the molecule is NC(=O)c1ccc(F)c2c1CC(NCCCn1ccc3ccccc31)CO2. The quantitative estimate of drug-likeness (QED) is 0.658. The van der Waals surface area contributed by atoms with E-state index in [4.69, 9.17) is 10.5 Å². The molecule has 0 saturated carbocycles. The average Bonchev–Trinajstić information content (AvgIpc) is 3.08. The molecule has 6 heteroatoms. The number of aryl methyl sites for hydroxylation is 1. The highest BCUT2D eigenvalue weighted by Crippen LogP contribution is 2.31. The Morgan fingerprint density at radius 2 is 2.11 bits per heavy atom. The fourth-order valence-corrected chi connectivity index (χ4v) is 3.70. The Morgan fingerprint density at radius 3 is 2.96 bits per heavy atom. The van der Waals surface area contributed by atoms with Gasteiger partial charge < -0.3 is 20.4 Å². The lowest BCUT2D eigenvalue weighted by molar-refractivity contribution is 0.0997. The predicted molar refractivity (Wildman–Crippen MR) is 102 cm³/mol. The molecule has 1 aliphatic rings. The van der Waals surface area contributed by atoms with Crippen molar-refractivity contribution in [2.24, 2.45) is 5.73 Å². The number of hydrogen-bond acceptors (Lipinski definition) is 3. The summed E-state index contributed by atoms with van der Waals surface area (Å²) in [4.78, 5) is 11.6. The number of amides is 1. The Morgan fingerprint density at radius 1 is 1.26 bits per heavy atom. The first-order valence-electron chi connectivity index (χ1n) is 9.14. The highest BCUT2D eigenvalue weighted by molar-refractivity contribution is 5.95. The number of fused-ring (bicyclic) bond motifs is 2. The van der Waals surface area contributed by atoms with Crippen molar-refractivity contribution in [2.75, 3.05) is 13.2 Å². The zero-order chi connectivity index (χ0) is 18.8. The second kappa shape index (κ2) is 7.40. The Hall–Kier alpha value is -2.86. The fourth-order valence-electron chi connectivity index (χ4n) is 3.70. The Bertz CT molecular complexity index is 983. The van der Waals surface area contributed by atoms with Crippen molar-refractivity contribution in [3.05, 3.63) is 65.6 Å². The van der Waals surface area contributed by atoms with E-state index in [1.54, 1.807) is 0 Å². The van der Waals surface area contributed by atoms with Gasteiger partial charge in [-0.15, -0.1) is 0 Å². The molecule has 1 atom stereocenters. The molecule has 3 N–H and O–H groups in total. The molecule has 1 amide bonds. The Balaban J connectivity index is 1.35. The van der Waals surface area contributed by atoms with E-state index in [-0.39, 0.29) is 11.8 Å². The summed E-state index contributed by atoms with van der Waals surface area (Å²) in [6.07, 6.45) is 3.58. The molecule has 0 saturated heterocycles. The molecule has 0 spiro atoms. The predicted octanol–water partition coefficient (Wildman–Crippen LogP) is 2.86. The minimum Gasteiger partial charge on any atom is -0.489 e. The number of primary amides is 1. The zero-order valence-corrected chi connectivity index (χ0v) is 15.0. The molecule has 2 aromatic carbocycles. The van der Waals surface area contributed by atoms with Crippen LogP contribution in [0.5, 0.6) is 5.75 Å². The van der Waals surface area contributed by atoms with E-state index in [1.807, 2.05) is 12.1 Å². The summed E-state index contributed by atoms with van der Waals surface area (Å²) in [6, 6.07) is 13.1. The van der Waals surface area contributed by atoms with Crippen molar-refractivity contribution >= 4 is 16.8 Å². The number of ether oxygens (including phenoxy) is 1. The summed E-state index contributed by atoms with van der Waals surface area (Å²) in [5, 5.41) is 4.69. The smallest absolute Gasteiger partial charge is 0.249 e. The number of carbonyl (C=O) groups excluding carboxylic acids is 1. The van der Waals surface area contributed by atoms with Gasteiger partial charge in [0.05, 0.1) is 0 Å². The molecule has 5 nitrogen and oxygen atoms in total. The summed E-state index contributed by atoms with van der Waals surface area (Å²) < 4.78 is 21.7. The van der Waals surface area contributed by atoms with Crippen LogP contribution in [0, 0.1) is 5.82 Å². The van der Waals surface area contributed by atoms with Crippen LogP contribution in [0.15, 0.2) is 48.7 Å². The monoisotopic (exact) mass is 367 g/mol. The van der Waals surface area contributed by atoms with Gasteiger partial charge in [-0.1, -0.05) is 18.2 Å². The van der Waals surface area contributed by atoms with E-state index >= 15 is 0 Å². The van der Waals surface area contributed by atoms with Crippen molar-refractivity contribution in [2.45, 2.75) is 25.4 Å². The first kappa shape index (κ1) is 17.5. The van der Waals surface area contributed by atoms with Gasteiger partial charge in [-0.25, -0.2) is 4.39 Å². The Kier molecular flexibility index (Phi) is 4.81. The van der Waals surface area contributed by atoms with Crippen LogP contribution < -0.4 is 15.8 Å². The second-order valence-electron chi connectivity index (χ2n) is 6.85. The van der Waals surface area contributed by atoms with Gasteiger partial charge in [0.25, 0.3) is 0 Å². The Labute approximate surface area is 156 Å². The van der Waals surface area contributed by atoms with E-state index in [0.717, 1.165) is 19.5 Å². The average molecular weight is 367 g/mol. The summed E-state index contributed by atoms with van der Waals surface area (Å²) in [7, 11) is 0. The summed E-state index contributed by atoms with van der Waals surface area (Å²) in [5.74, 6) is -0.855. The van der Waals surface area contributed by atoms with E-state index in [2.05, 4.69) is 34.3 Å². The third kappa shape index (κ3) is 3.53. The van der Waals surface area contributed by atoms with Crippen LogP contribution in [0.2, 0.25) is 0 Å². The standard InChI is InChI=1S/C21H22FN3O2/c22-18-7-6-16(21(23)26)17-12-15(13-27-20(17)18)24-9-3-10-25-11-8-14-4-1-2-5-19(14)25/h1-2,4-8,11,15,24H,3,9-10,12-13H2,(H2,23,26). The van der Waals surface area contributed by atoms with Gasteiger partial charge in [-0.3, -0.25) is 4.79 Å². The van der Waals surface area contributed by atoms with Crippen LogP contribution in [0.3, 0.4) is 0 Å². The van der Waals surface area contributed by atoms with Gasteiger partial charge in [0.15, 0.2) is 11.6 Å². The molecule has 3 aromatic rings. The van der Waals surface area contributed by atoms with Crippen LogP contribution in [0.1, 0.15) is 22.3 Å². The van der Waals surface area contributed by atoms with E-state index in [1.165, 1.54) is 23.0 Å². The summed E-state index contributed by atoms with van der Waals surface area (Å²) in [5.41, 5.74) is 7.53. The van der Waals surface area contributed by atoms with Crippen molar-refractivity contribution in [1.29, 1.82) is 0 Å². The number of aromatic nitrogens is 1. The highest BCUT2D eigenvalue weighted by Gasteiger charge is 2.26. The molecule has 1 unspecified atom stereocenters. The molecule has 0 fully saturated rings. The molecule has 0 bridgehead atoms. The first-order valence-corrected chi connectivity index (χ1v) is 9.14. The van der Waals surface area contributed by atoms with Gasteiger partial charge in [-0.05, 0) is 49.0 Å². The molecule has 4 rings (SSSR count). The van der Waals surface area contributed by atoms with Crippen LogP contribution in [0.25, 0.3) is 10.9 Å². The first-order chi connectivity index (χ1) is 13.1. The van der Waals surface area contributed by atoms with Crippen molar-refractivity contribution in [1.82, 2.24) is 9.88 Å². The molecule has 0 radical (unpaired) electrons. The number of nitrogens with zero attached hydrogens (tertiary/aromatic N) is 1. The molecule has 1 aromatic heterocycles. The molecular weight excluding hydrogens is 345 g/mol. The summed E-state index contributed by atoms with van der Waals surface area (Å²) in [6.45, 7) is 2.08. The lowest BCUT2D eigenvalue weighted by Gasteiger charge is -2.27. The number of benzene rings is 2. The van der Waals surface area contributed by atoms with Crippen LogP contribution in [0.4, 0.5) is 4.39 Å². The van der Waals surface area contributed by atoms with Gasteiger partial charge in [0.1, 0.15) is 6.61 Å². The molecule has 1 aliphatic heterocycles. The van der Waals surface area contributed by atoms with Gasteiger partial charge in [0, 0.05) is 35.4 Å². The minimum atomic E-state index is -0.560. The minimum absolute atomic E-state index is 0.0267. The fraction of sp³-hybridized carbons (Fsp3) is 0.286. The van der Waals surface area contributed by atoms with E-state index < -0.39 is 11.7 Å². The number of rotatable bonds is 6. The van der Waals surface area contributed by atoms with Crippen LogP contribution in [-0.4, -0.2) is 29.7 Å². The highest BCUT2D eigenvalue weighted by atomic mass is 19.1.